The van der Waals surface area contributed by atoms with Crippen molar-refractivity contribution in [1.82, 2.24) is 9.80 Å². The van der Waals surface area contributed by atoms with Gasteiger partial charge in [0.1, 0.15) is 29.2 Å². The standard InChI is InChI=1S/C26H22F2N2O4/c1-29-22-13-30(25(31)15-33-18-5-3-2-4-6-18)14-24(22)34-23-11-16(7-9-20(23)26(29)32)19-10-8-17(27)12-21(19)28/h2-12,22,24H,13-15H2,1H3. The highest BCUT2D eigenvalue weighted by atomic mass is 19.1. The molecule has 0 spiro atoms. The minimum Gasteiger partial charge on any atom is -0.485 e. The lowest BCUT2D eigenvalue weighted by atomic mass is 10.0. The molecule has 1 saturated heterocycles. The molecule has 2 unspecified atom stereocenters. The van der Waals surface area contributed by atoms with E-state index >= 15 is 0 Å². The molecule has 2 heterocycles. The van der Waals surface area contributed by atoms with E-state index in [-0.39, 0.29) is 36.6 Å². The number of carbonyl (C=O) groups is 2. The first-order chi connectivity index (χ1) is 16.4. The first-order valence-electron chi connectivity index (χ1n) is 10.9. The highest BCUT2D eigenvalue weighted by Crippen LogP contribution is 2.35. The predicted molar refractivity (Wildman–Crippen MR) is 121 cm³/mol. The van der Waals surface area contributed by atoms with Crippen molar-refractivity contribution in [3.05, 3.63) is 83.9 Å². The van der Waals surface area contributed by atoms with Gasteiger partial charge in [-0.05, 0) is 42.0 Å². The zero-order valence-electron chi connectivity index (χ0n) is 18.4. The molecule has 2 aliphatic heterocycles. The van der Waals surface area contributed by atoms with Crippen molar-refractivity contribution < 1.29 is 27.8 Å². The molecule has 0 bridgehead atoms. The topological polar surface area (TPSA) is 59.1 Å². The largest absolute Gasteiger partial charge is 0.485 e. The Morgan fingerprint density at radius 2 is 1.79 bits per heavy atom. The fourth-order valence-electron chi connectivity index (χ4n) is 4.39. The Bertz CT molecular complexity index is 1250. The summed E-state index contributed by atoms with van der Waals surface area (Å²) >= 11 is 0. The minimum absolute atomic E-state index is 0.119. The van der Waals surface area contributed by atoms with Crippen molar-refractivity contribution in [1.29, 1.82) is 0 Å². The molecule has 34 heavy (non-hydrogen) atoms. The Morgan fingerprint density at radius 1 is 1.03 bits per heavy atom. The fourth-order valence-corrected chi connectivity index (χ4v) is 4.39. The molecule has 6 nitrogen and oxygen atoms in total. The summed E-state index contributed by atoms with van der Waals surface area (Å²) < 4.78 is 39.4. The molecular formula is C26H22F2N2O4. The van der Waals surface area contributed by atoms with Gasteiger partial charge in [0.05, 0.1) is 18.2 Å². The van der Waals surface area contributed by atoms with Gasteiger partial charge in [0, 0.05) is 25.2 Å². The van der Waals surface area contributed by atoms with Crippen LogP contribution in [0.3, 0.4) is 0 Å². The van der Waals surface area contributed by atoms with Crippen molar-refractivity contribution in [3.8, 4) is 22.6 Å². The maximum absolute atomic E-state index is 14.3. The molecule has 0 aromatic heterocycles. The lowest BCUT2D eigenvalue weighted by molar-refractivity contribution is -0.132. The zero-order chi connectivity index (χ0) is 23.8. The van der Waals surface area contributed by atoms with Gasteiger partial charge in [-0.3, -0.25) is 9.59 Å². The quantitative estimate of drug-likeness (QED) is 0.590. The van der Waals surface area contributed by atoms with Crippen molar-refractivity contribution in [2.24, 2.45) is 0 Å². The molecule has 2 atom stereocenters. The number of amides is 2. The predicted octanol–water partition coefficient (Wildman–Crippen LogP) is 3.75. The van der Waals surface area contributed by atoms with E-state index in [9.17, 15) is 18.4 Å². The van der Waals surface area contributed by atoms with Gasteiger partial charge in [-0.25, -0.2) is 8.78 Å². The SMILES string of the molecule is CN1C(=O)c2ccc(-c3ccc(F)cc3F)cc2OC2CN(C(=O)COc3ccccc3)CC21. The van der Waals surface area contributed by atoms with Crippen LogP contribution in [0.5, 0.6) is 11.5 Å². The monoisotopic (exact) mass is 464 g/mol. The van der Waals surface area contributed by atoms with Gasteiger partial charge < -0.3 is 19.3 Å². The molecule has 8 heteroatoms. The molecule has 0 saturated carbocycles. The molecule has 0 aliphatic carbocycles. The molecule has 2 amide bonds. The van der Waals surface area contributed by atoms with E-state index in [4.69, 9.17) is 9.47 Å². The van der Waals surface area contributed by atoms with E-state index in [1.165, 1.54) is 12.1 Å². The third-order valence-electron chi connectivity index (χ3n) is 6.25. The molecule has 0 radical (unpaired) electrons. The molecule has 3 aromatic carbocycles. The smallest absolute Gasteiger partial charge is 0.260 e. The Labute approximate surface area is 195 Å². The van der Waals surface area contributed by atoms with E-state index < -0.39 is 17.7 Å². The fraction of sp³-hybridized carbons (Fsp3) is 0.231. The second kappa shape index (κ2) is 8.78. The number of likely N-dealkylation sites (tertiary alicyclic amines) is 1. The zero-order valence-corrected chi connectivity index (χ0v) is 18.4. The molecule has 2 aliphatic rings. The van der Waals surface area contributed by atoms with Gasteiger partial charge in [0.25, 0.3) is 11.8 Å². The number of rotatable bonds is 4. The van der Waals surface area contributed by atoms with Gasteiger partial charge >= 0.3 is 0 Å². The van der Waals surface area contributed by atoms with E-state index in [0.29, 0.717) is 29.2 Å². The first-order valence-corrected chi connectivity index (χ1v) is 10.9. The summed E-state index contributed by atoms with van der Waals surface area (Å²) in [6, 6.07) is 16.8. The summed E-state index contributed by atoms with van der Waals surface area (Å²) in [6.45, 7) is 0.483. The lowest BCUT2D eigenvalue weighted by Gasteiger charge is -2.25. The van der Waals surface area contributed by atoms with Crippen molar-refractivity contribution in [2.75, 3.05) is 26.7 Å². The summed E-state index contributed by atoms with van der Waals surface area (Å²) in [4.78, 5) is 29.1. The van der Waals surface area contributed by atoms with Crippen LogP contribution >= 0.6 is 0 Å². The Hall–Kier alpha value is -3.94. The number of nitrogens with zero attached hydrogens (tertiary/aromatic N) is 2. The molecule has 1 fully saturated rings. The molecule has 174 valence electrons. The van der Waals surface area contributed by atoms with Gasteiger partial charge in [0.15, 0.2) is 6.61 Å². The Balaban J connectivity index is 1.36. The average Bonchev–Trinajstić information content (AvgIpc) is 3.22. The van der Waals surface area contributed by atoms with Crippen LogP contribution in [0.2, 0.25) is 0 Å². The molecular weight excluding hydrogens is 442 g/mol. The van der Waals surface area contributed by atoms with Crippen molar-refractivity contribution >= 4 is 11.8 Å². The van der Waals surface area contributed by atoms with E-state index in [0.717, 1.165) is 6.07 Å². The van der Waals surface area contributed by atoms with Crippen LogP contribution in [0.15, 0.2) is 66.7 Å². The summed E-state index contributed by atoms with van der Waals surface area (Å²) in [5.74, 6) is -0.917. The second-order valence-corrected chi connectivity index (χ2v) is 8.38. The van der Waals surface area contributed by atoms with Crippen LogP contribution in [-0.4, -0.2) is 60.5 Å². The van der Waals surface area contributed by atoms with Gasteiger partial charge in [-0.2, -0.15) is 0 Å². The van der Waals surface area contributed by atoms with Gasteiger partial charge in [0.2, 0.25) is 0 Å². The number of hydrogen-bond donors (Lipinski definition) is 0. The van der Waals surface area contributed by atoms with Gasteiger partial charge in [-0.15, -0.1) is 0 Å². The number of fused-ring (bicyclic) bond motifs is 2. The highest BCUT2D eigenvalue weighted by molar-refractivity contribution is 5.98. The third-order valence-corrected chi connectivity index (χ3v) is 6.25. The molecule has 0 N–H and O–H groups in total. The van der Waals surface area contributed by atoms with Crippen LogP contribution in [0, 0.1) is 11.6 Å². The van der Waals surface area contributed by atoms with Gasteiger partial charge in [-0.1, -0.05) is 24.3 Å². The van der Waals surface area contributed by atoms with Crippen LogP contribution in [0.1, 0.15) is 10.4 Å². The van der Waals surface area contributed by atoms with E-state index in [1.54, 1.807) is 47.2 Å². The van der Waals surface area contributed by atoms with Crippen LogP contribution < -0.4 is 9.47 Å². The lowest BCUT2D eigenvalue weighted by Crippen LogP contribution is -2.44. The van der Waals surface area contributed by atoms with Crippen molar-refractivity contribution in [3.63, 3.8) is 0 Å². The summed E-state index contributed by atoms with van der Waals surface area (Å²) in [7, 11) is 1.68. The second-order valence-electron chi connectivity index (χ2n) is 8.38. The number of hydrogen-bond acceptors (Lipinski definition) is 4. The molecule has 5 rings (SSSR count). The van der Waals surface area contributed by atoms with Crippen LogP contribution in [-0.2, 0) is 4.79 Å². The van der Waals surface area contributed by atoms with E-state index in [1.807, 2.05) is 18.2 Å². The number of ether oxygens (including phenoxy) is 2. The van der Waals surface area contributed by atoms with Crippen molar-refractivity contribution in [2.45, 2.75) is 12.1 Å². The van der Waals surface area contributed by atoms with Crippen LogP contribution in [0.25, 0.3) is 11.1 Å². The highest BCUT2D eigenvalue weighted by Gasteiger charge is 2.43. The number of para-hydroxylation sites is 1. The van der Waals surface area contributed by atoms with E-state index in [2.05, 4.69) is 0 Å². The van der Waals surface area contributed by atoms with Crippen LogP contribution in [0.4, 0.5) is 8.78 Å². The Kier molecular flexibility index (Phi) is 5.65. The average molecular weight is 464 g/mol. The summed E-state index contributed by atoms with van der Waals surface area (Å²) in [6.07, 6.45) is -0.454. The number of carbonyl (C=O) groups excluding carboxylic acids is 2. The number of halogens is 2. The summed E-state index contributed by atoms with van der Waals surface area (Å²) in [5.41, 5.74) is 1.02. The maximum Gasteiger partial charge on any atom is 0.260 e. The minimum atomic E-state index is -0.703. The Morgan fingerprint density at radius 3 is 2.56 bits per heavy atom. The summed E-state index contributed by atoms with van der Waals surface area (Å²) in [5, 5.41) is 0. The normalized spacial score (nSPS) is 19.2. The number of likely N-dealkylation sites (N-methyl/N-ethyl adjacent to an activating group) is 1. The number of benzene rings is 3. The molecule has 3 aromatic rings. The first kappa shape index (κ1) is 21.9. The third kappa shape index (κ3) is 4.07. The maximum atomic E-state index is 14.3.